The molecule has 1 aromatic heterocycles. The summed E-state index contributed by atoms with van der Waals surface area (Å²) in [5.74, 6) is 0. The molecule has 0 aliphatic carbocycles. The van der Waals surface area contributed by atoms with E-state index in [0.717, 1.165) is 17.7 Å². The molecule has 11 heavy (non-hydrogen) atoms. The van der Waals surface area contributed by atoms with Crippen molar-refractivity contribution in [2.45, 2.75) is 13.8 Å². The Labute approximate surface area is 65.3 Å². The number of nitrogens with zero attached hydrogens (tertiary/aromatic N) is 2. The molecule has 0 amide bonds. The fourth-order valence-corrected chi connectivity index (χ4v) is 0.914. The van der Waals surface area contributed by atoms with Crippen LogP contribution in [0.3, 0.4) is 0 Å². The van der Waals surface area contributed by atoms with E-state index in [-0.39, 0.29) is 0 Å². The van der Waals surface area contributed by atoms with Gasteiger partial charge in [0.05, 0.1) is 5.69 Å². The van der Waals surface area contributed by atoms with Gasteiger partial charge in [0.25, 0.3) is 0 Å². The Bertz CT molecular complexity index is 286. The number of rotatable bonds is 2. The van der Waals surface area contributed by atoms with Gasteiger partial charge in [0.15, 0.2) is 0 Å². The number of hydrogen-bond donors (Lipinski definition) is 0. The van der Waals surface area contributed by atoms with E-state index in [9.17, 15) is 4.79 Å². The van der Waals surface area contributed by atoms with Crippen LogP contribution in [0.15, 0.2) is 12.1 Å². The van der Waals surface area contributed by atoms with Crippen LogP contribution in [0.5, 0.6) is 0 Å². The average Bonchev–Trinajstić information content (AvgIpc) is 2.26. The Morgan fingerprint density at radius 2 is 2.27 bits per heavy atom. The second kappa shape index (κ2) is 3.14. The molecule has 0 unspecified atom stereocenters. The zero-order valence-electron chi connectivity index (χ0n) is 6.61. The van der Waals surface area contributed by atoms with Crippen molar-refractivity contribution in [1.29, 1.82) is 0 Å². The van der Waals surface area contributed by atoms with Gasteiger partial charge in [0.2, 0.25) is 0 Å². The van der Waals surface area contributed by atoms with Crippen LogP contribution in [0.4, 0.5) is 0 Å². The van der Waals surface area contributed by atoms with E-state index in [0.29, 0.717) is 0 Å². The van der Waals surface area contributed by atoms with Crippen LogP contribution < -0.4 is 0 Å². The molecule has 0 N–H and O–H groups in total. The van der Waals surface area contributed by atoms with E-state index in [4.69, 9.17) is 0 Å². The van der Waals surface area contributed by atoms with Gasteiger partial charge in [-0.05, 0) is 26.0 Å². The standard InChI is InChI=1S/C8H10N2O/c1-7-6-8(2)10(9-7)4-3-5-11/h3-6H,1-2H3/b4-3+. The van der Waals surface area contributed by atoms with E-state index in [1.165, 1.54) is 6.08 Å². The molecule has 0 bridgehead atoms. The molecule has 1 rings (SSSR count). The van der Waals surface area contributed by atoms with Crippen molar-refractivity contribution < 1.29 is 4.79 Å². The van der Waals surface area contributed by atoms with Gasteiger partial charge >= 0.3 is 0 Å². The molecule has 3 heteroatoms. The lowest BCUT2D eigenvalue weighted by Gasteiger charge is -1.91. The Kier molecular flexibility index (Phi) is 2.21. The van der Waals surface area contributed by atoms with Gasteiger partial charge < -0.3 is 0 Å². The van der Waals surface area contributed by atoms with Crippen LogP contribution in [-0.2, 0) is 4.79 Å². The quantitative estimate of drug-likeness (QED) is 0.468. The molecule has 0 saturated carbocycles. The third-order valence-corrected chi connectivity index (χ3v) is 1.35. The molecule has 58 valence electrons. The maximum absolute atomic E-state index is 9.97. The minimum atomic E-state index is 0.733. The molecule has 0 aliphatic rings. The van der Waals surface area contributed by atoms with Gasteiger partial charge in [0.1, 0.15) is 6.29 Å². The van der Waals surface area contributed by atoms with Crippen LogP contribution in [0.1, 0.15) is 11.4 Å². The first-order valence-corrected chi connectivity index (χ1v) is 3.39. The fraction of sp³-hybridized carbons (Fsp3) is 0.250. The lowest BCUT2D eigenvalue weighted by molar-refractivity contribution is -0.104. The van der Waals surface area contributed by atoms with E-state index < -0.39 is 0 Å². The van der Waals surface area contributed by atoms with Gasteiger partial charge in [0, 0.05) is 11.9 Å². The lowest BCUT2D eigenvalue weighted by Crippen LogP contribution is -1.91. The maximum Gasteiger partial charge on any atom is 0.144 e. The second-order valence-corrected chi connectivity index (χ2v) is 2.35. The number of carbonyl (C=O) groups excluding carboxylic acids is 1. The van der Waals surface area contributed by atoms with Gasteiger partial charge in [-0.2, -0.15) is 5.10 Å². The average molecular weight is 150 g/mol. The van der Waals surface area contributed by atoms with Crippen molar-refractivity contribution >= 4 is 12.5 Å². The van der Waals surface area contributed by atoms with Crippen molar-refractivity contribution in [2.75, 3.05) is 0 Å². The number of carbonyl (C=O) groups is 1. The number of aromatic nitrogens is 2. The molecular weight excluding hydrogens is 140 g/mol. The van der Waals surface area contributed by atoms with Gasteiger partial charge in [-0.3, -0.25) is 4.79 Å². The summed E-state index contributed by atoms with van der Waals surface area (Å²) < 4.78 is 1.67. The summed E-state index contributed by atoms with van der Waals surface area (Å²) in [7, 11) is 0. The van der Waals surface area contributed by atoms with E-state index in [1.807, 2.05) is 19.9 Å². The van der Waals surface area contributed by atoms with Crippen LogP contribution in [0, 0.1) is 13.8 Å². The lowest BCUT2D eigenvalue weighted by atomic mass is 10.4. The van der Waals surface area contributed by atoms with Gasteiger partial charge in [-0.25, -0.2) is 4.68 Å². The second-order valence-electron chi connectivity index (χ2n) is 2.35. The highest BCUT2D eigenvalue weighted by molar-refractivity contribution is 5.69. The topological polar surface area (TPSA) is 34.9 Å². The molecule has 1 aromatic rings. The first-order valence-electron chi connectivity index (χ1n) is 3.39. The summed E-state index contributed by atoms with van der Waals surface area (Å²) in [5, 5.41) is 4.12. The van der Waals surface area contributed by atoms with Crippen LogP contribution in [0.25, 0.3) is 6.20 Å². The normalized spacial score (nSPS) is 10.7. The molecule has 0 aliphatic heterocycles. The highest BCUT2D eigenvalue weighted by Crippen LogP contribution is 2.00. The van der Waals surface area contributed by atoms with E-state index in [1.54, 1.807) is 10.9 Å². The molecule has 0 aromatic carbocycles. The number of hydrogen-bond acceptors (Lipinski definition) is 2. The van der Waals surface area contributed by atoms with Gasteiger partial charge in [-0.15, -0.1) is 0 Å². The van der Waals surface area contributed by atoms with Crippen molar-refractivity contribution in [3.8, 4) is 0 Å². The predicted molar refractivity (Wildman–Crippen MR) is 43.1 cm³/mol. The fourth-order valence-electron chi connectivity index (χ4n) is 0.914. The van der Waals surface area contributed by atoms with Crippen molar-refractivity contribution in [1.82, 2.24) is 9.78 Å². The van der Waals surface area contributed by atoms with Crippen LogP contribution in [0.2, 0.25) is 0 Å². The number of aryl methyl sites for hydroxylation is 2. The molecule has 0 fully saturated rings. The molecule has 0 spiro atoms. The molecule has 0 saturated heterocycles. The first kappa shape index (κ1) is 7.72. The first-order chi connectivity index (χ1) is 5.24. The highest BCUT2D eigenvalue weighted by Gasteiger charge is 1.94. The minimum Gasteiger partial charge on any atom is -0.299 e. The summed E-state index contributed by atoms with van der Waals surface area (Å²) in [6.45, 7) is 3.85. The van der Waals surface area contributed by atoms with Gasteiger partial charge in [-0.1, -0.05) is 0 Å². The number of aldehydes is 1. The van der Waals surface area contributed by atoms with Crippen LogP contribution in [-0.4, -0.2) is 16.1 Å². The molecular formula is C8H10N2O. The monoisotopic (exact) mass is 150 g/mol. The summed E-state index contributed by atoms with van der Waals surface area (Å²) in [4.78, 5) is 9.97. The number of allylic oxidation sites excluding steroid dienone is 1. The maximum atomic E-state index is 9.97. The smallest absolute Gasteiger partial charge is 0.144 e. The zero-order chi connectivity index (χ0) is 8.27. The SMILES string of the molecule is Cc1cc(C)n(/C=C/C=O)n1. The zero-order valence-corrected chi connectivity index (χ0v) is 6.61. The van der Waals surface area contributed by atoms with E-state index in [2.05, 4.69) is 5.10 Å². The summed E-state index contributed by atoms with van der Waals surface area (Å²) in [6.07, 6.45) is 3.78. The summed E-state index contributed by atoms with van der Waals surface area (Å²) in [6, 6.07) is 1.95. The molecule has 0 radical (unpaired) electrons. The summed E-state index contributed by atoms with van der Waals surface area (Å²) in [5.41, 5.74) is 1.98. The Morgan fingerprint density at radius 1 is 1.55 bits per heavy atom. The van der Waals surface area contributed by atoms with Crippen molar-refractivity contribution in [2.24, 2.45) is 0 Å². The molecule has 1 heterocycles. The third kappa shape index (κ3) is 1.77. The Hall–Kier alpha value is -1.38. The Morgan fingerprint density at radius 3 is 2.73 bits per heavy atom. The van der Waals surface area contributed by atoms with Crippen molar-refractivity contribution in [3.05, 3.63) is 23.5 Å². The predicted octanol–water partition coefficient (Wildman–Crippen LogP) is 1.17. The third-order valence-electron chi connectivity index (χ3n) is 1.35. The highest BCUT2D eigenvalue weighted by atomic mass is 16.1. The Balaban J connectivity index is 2.93. The minimum absolute atomic E-state index is 0.733. The largest absolute Gasteiger partial charge is 0.299 e. The van der Waals surface area contributed by atoms with Crippen molar-refractivity contribution in [3.63, 3.8) is 0 Å². The van der Waals surface area contributed by atoms with E-state index >= 15 is 0 Å². The molecule has 3 nitrogen and oxygen atoms in total. The van der Waals surface area contributed by atoms with Crippen LogP contribution >= 0.6 is 0 Å². The summed E-state index contributed by atoms with van der Waals surface area (Å²) >= 11 is 0. The molecule has 0 atom stereocenters.